The summed E-state index contributed by atoms with van der Waals surface area (Å²) in [4.78, 5) is 12.4. The Morgan fingerprint density at radius 2 is 1.81 bits per heavy atom. The van der Waals surface area contributed by atoms with Crippen LogP contribution >= 0.6 is 23.2 Å². The Kier molecular flexibility index (Phi) is 6.94. The summed E-state index contributed by atoms with van der Waals surface area (Å²) in [6.45, 7) is 1.83. The maximum Gasteiger partial charge on any atom is 0.267 e. The van der Waals surface area contributed by atoms with Crippen molar-refractivity contribution in [1.29, 1.82) is 5.26 Å². The number of nitrogens with zero attached hydrogens (tertiary/aromatic N) is 1. The van der Waals surface area contributed by atoms with Crippen LogP contribution in [0.25, 0.3) is 0 Å². The van der Waals surface area contributed by atoms with Crippen LogP contribution < -0.4 is 20.1 Å². The molecule has 2 aromatic rings. The molecule has 0 bridgehead atoms. The number of aryl methyl sites for hydroxylation is 1. The van der Waals surface area contributed by atoms with E-state index >= 15 is 0 Å². The van der Waals surface area contributed by atoms with Gasteiger partial charge in [0.1, 0.15) is 23.1 Å². The predicted molar refractivity (Wildman–Crippen MR) is 107 cm³/mol. The molecule has 0 saturated heterocycles. The Hall–Kier alpha value is -2.88. The van der Waals surface area contributed by atoms with Gasteiger partial charge in [0.05, 0.1) is 25.6 Å². The van der Waals surface area contributed by atoms with Crippen LogP contribution in [0, 0.1) is 18.3 Å². The highest BCUT2D eigenvalue weighted by atomic mass is 35.5. The van der Waals surface area contributed by atoms with Crippen molar-refractivity contribution in [3.05, 3.63) is 57.7 Å². The average molecular weight is 406 g/mol. The van der Waals surface area contributed by atoms with Crippen LogP contribution in [0.4, 0.5) is 11.4 Å². The van der Waals surface area contributed by atoms with Crippen LogP contribution in [-0.4, -0.2) is 20.1 Å². The Morgan fingerprint density at radius 3 is 2.44 bits per heavy atom. The van der Waals surface area contributed by atoms with E-state index in [0.717, 1.165) is 5.56 Å². The van der Waals surface area contributed by atoms with Gasteiger partial charge >= 0.3 is 0 Å². The second kappa shape index (κ2) is 9.17. The Morgan fingerprint density at radius 1 is 1.11 bits per heavy atom. The van der Waals surface area contributed by atoms with Gasteiger partial charge in [-0.1, -0.05) is 23.2 Å². The Balaban J connectivity index is 2.24. The summed E-state index contributed by atoms with van der Waals surface area (Å²) in [7, 11) is 2.97. The fourth-order valence-corrected chi connectivity index (χ4v) is 2.54. The highest BCUT2D eigenvalue weighted by Gasteiger charge is 2.14. The number of rotatable bonds is 6. The molecule has 0 saturated carbocycles. The summed E-state index contributed by atoms with van der Waals surface area (Å²) in [5, 5.41) is 15.8. The van der Waals surface area contributed by atoms with Gasteiger partial charge in [0.15, 0.2) is 0 Å². The van der Waals surface area contributed by atoms with E-state index in [9.17, 15) is 10.1 Å². The summed E-state index contributed by atoms with van der Waals surface area (Å²) < 4.78 is 10.4. The van der Waals surface area contributed by atoms with Crippen LogP contribution in [0.15, 0.2) is 42.1 Å². The van der Waals surface area contributed by atoms with Gasteiger partial charge in [0.2, 0.25) is 0 Å². The Labute approximate surface area is 167 Å². The molecule has 0 unspecified atom stereocenters. The fraction of sp³-hybridized carbons (Fsp3) is 0.158. The minimum atomic E-state index is -0.616. The molecule has 2 aromatic carbocycles. The van der Waals surface area contributed by atoms with E-state index in [1.54, 1.807) is 24.3 Å². The van der Waals surface area contributed by atoms with Crippen molar-refractivity contribution in [1.82, 2.24) is 0 Å². The Bertz CT molecular complexity index is 937. The minimum absolute atomic E-state index is 0.147. The van der Waals surface area contributed by atoms with Gasteiger partial charge in [0.25, 0.3) is 5.91 Å². The first-order chi connectivity index (χ1) is 12.9. The quantitative estimate of drug-likeness (QED) is 0.533. The van der Waals surface area contributed by atoms with Gasteiger partial charge in [-0.2, -0.15) is 5.26 Å². The number of hydrogen-bond donors (Lipinski definition) is 2. The molecule has 2 rings (SSSR count). The number of ether oxygens (including phenoxy) is 2. The summed E-state index contributed by atoms with van der Waals surface area (Å²) in [5.41, 5.74) is 1.60. The SMILES string of the molecule is COc1cc(Cl)c(C)cc1N/C=C(/C#N)C(=O)Nc1cc(Cl)ccc1OC. The molecule has 0 aliphatic rings. The van der Waals surface area contributed by atoms with Crippen molar-refractivity contribution >= 4 is 40.5 Å². The lowest BCUT2D eigenvalue weighted by Crippen LogP contribution is -2.15. The van der Waals surface area contributed by atoms with Crippen molar-refractivity contribution in [2.75, 3.05) is 24.9 Å². The van der Waals surface area contributed by atoms with Crippen molar-refractivity contribution in [3.63, 3.8) is 0 Å². The number of benzene rings is 2. The summed E-state index contributed by atoms with van der Waals surface area (Å²) in [5.74, 6) is 0.291. The first kappa shape index (κ1) is 20.4. The molecule has 0 fully saturated rings. The number of hydrogen-bond acceptors (Lipinski definition) is 5. The molecule has 2 N–H and O–H groups in total. The molecule has 0 aliphatic heterocycles. The normalized spacial score (nSPS) is 10.7. The molecule has 0 radical (unpaired) electrons. The molecule has 0 aliphatic carbocycles. The maximum absolute atomic E-state index is 12.4. The molecule has 0 aromatic heterocycles. The predicted octanol–water partition coefficient (Wildman–Crippen LogP) is 4.78. The van der Waals surface area contributed by atoms with E-state index in [1.807, 2.05) is 13.0 Å². The lowest BCUT2D eigenvalue weighted by Gasteiger charge is -2.12. The molecule has 8 heteroatoms. The first-order valence-electron chi connectivity index (χ1n) is 7.75. The second-order valence-electron chi connectivity index (χ2n) is 5.41. The van der Waals surface area contributed by atoms with Gasteiger partial charge in [-0.05, 0) is 36.8 Å². The van der Waals surface area contributed by atoms with Crippen molar-refractivity contribution in [3.8, 4) is 17.6 Å². The van der Waals surface area contributed by atoms with Crippen LogP contribution in [0.1, 0.15) is 5.56 Å². The molecule has 0 heterocycles. The van der Waals surface area contributed by atoms with Crippen molar-refractivity contribution < 1.29 is 14.3 Å². The molecular formula is C19H17Cl2N3O3. The highest BCUT2D eigenvalue weighted by Crippen LogP contribution is 2.31. The number of nitriles is 1. The molecular weight excluding hydrogens is 389 g/mol. The van der Waals surface area contributed by atoms with E-state index in [4.69, 9.17) is 32.7 Å². The van der Waals surface area contributed by atoms with Crippen LogP contribution in [0.5, 0.6) is 11.5 Å². The first-order valence-corrected chi connectivity index (χ1v) is 8.51. The largest absolute Gasteiger partial charge is 0.495 e. The third-order valence-corrected chi connectivity index (χ3v) is 4.27. The number of methoxy groups -OCH3 is 2. The number of anilines is 2. The van der Waals surface area contributed by atoms with E-state index < -0.39 is 5.91 Å². The zero-order valence-electron chi connectivity index (χ0n) is 14.9. The highest BCUT2D eigenvalue weighted by molar-refractivity contribution is 6.31. The maximum atomic E-state index is 12.4. The lowest BCUT2D eigenvalue weighted by molar-refractivity contribution is -0.112. The number of amides is 1. The number of carbonyl (C=O) groups is 1. The smallest absolute Gasteiger partial charge is 0.267 e. The standard InChI is InChI=1S/C19H17Cl2N3O3/c1-11-6-15(18(27-3)8-14(11)21)23-10-12(9-22)19(25)24-16-7-13(20)4-5-17(16)26-2/h4-8,10,23H,1-3H3,(H,24,25)/b12-10-. The molecule has 1 amide bonds. The van der Waals surface area contributed by atoms with Gasteiger partial charge in [0, 0.05) is 22.3 Å². The number of carbonyl (C=O) groups excluding carboxylic acids is 1. The third kappa shape index (κ3) is 5.07. The minimum Gasteiger partial charge on any atom is -0.495 e. The molecule has 6 nitrogen and oxygen atoms in total. The zero-order chi connectivity index (χ0) is 20.0. The van der Waals surface area contributed by atoms with E-state index in [2.05, 4.69) is 10.6 Å². The zero-order valence-corrected chi connectivity index (χ0v) is 16.4. The topological polar surface area (TPSA) is 83.4 Å². The lowest BCUT2D eigenvalue weighted by atomic mass is 10.2. The van der Waals surface area contributed by atoms with Crippen LogP contribution in [0.3, 0.4) is 0 Å². The molecule has 0 spiro atoms. The summed E-state index contributed by atoms with van der Waals surface area (Å²) in [6.07, 6.45) is 1.29. The molecule has 0 atom stereocenters. The third-order valence-electron chi connectivity index (χ3n) is 3.63. The van der Waals surface area contributed by atoms with Gasteiger partial charge in [-0.25, -0.2) is 0 Å². The van der Waals surface area contributed by atoms with Crippen LogP contribution in [0.2, 0.25) is 10.0 Å². The number of nitrogens with one attached hydrogen (secondary N) is 2. The van der Waals surface area contributed by atoms with Crippen molar-refractivity contribution in [2.45, 2.75) is 6.92 Å². The fourth-order valence-electron chi connectivity index (χ4n) is 2.21. The van der Waals surface area contributed by atoms with Gasteiger partial charge < -0.3 is 20.1 Å². The van der Waals surface area contributed by atoms with E-state index in [1.165, 1.54) is 26.5 Å². The summed E-state index contributed by atoms with van der Waals surface area (Å²) in [6, 6.07) is 10.0. The van der Waals surface area contributed by atoms with Gasteiger partial charge in [-0.3, -0.25) is 4.79 Å². The monoisotopic (exact) mass is 405 g/mol. The van der Waals surface area contributed by atoms with Crippen LogP contribution in [-0.2, 0) is 4.79 Å². The molecule has 27 heavy (non-hydrogen) atoms. The van der Waals surface area contributed by atoms with E-state index in [0.29, 0.717) is 32.9 Å². The summed E-state index contributed by atoms with van der Waals surface area (Å²) >= 11 is 12.0. The van der Waals surface area contributed by atoms with E-state index in [-0.39, 0.29) is 5.57 Å². The molecule has 140 valence electrons. The van der Waals surface area contributed by atoms with Gasteiger partial charge in [-0.15, -0.1) is 0 Å². The number of halogens is 2. The second-order valence-corrected chi connectivity index (χ2v) is 6.26. The van der Waals surface area contributed by atoms with Crippen molar-refractivity contribution in [2.24, 2.45) is 0 Å². The average Bonchev–Trinajstić information content (AvgIpc) is 2.65.